The summed E-state index contributed by atoms with van der Waals surface area (Å²) < 4.78 is 87.5. The summed E-state index contributed by atoms with van der Waals surface area (Å²) in [6.45, 7) is 0.0155. The molecule has 10 heteroatoms. The topological polar surface area (TPSA) is 40.5 Å². The van der Waals surface area contributed by atoms with Crippen LogP contribution in [0.25, 0.3) is 0 Å². The number of phenolic OH excluding ortho intramolecular Hbond substituents is 2. The smallest absolute Gasteiger partial charge is 0.411 e. The molecule has 0 aromatic heterocycles. The van der Waals surface area contributed by atoms with Gasteiger partial charge in [0.25, 0.3) is 0 Å². The predicted molar refractivity (Wildman–Crippen MR) is 113 cm³/mol. The molecule has 0 saturated carbocycles. The van der Waals surface area contributed by atoms with E-state index in [1.165, 1.54) is 0 Å². The second kappa shape index (κ2) is 8.39. The largest absolute Gasteiger partial charge is 0.507 e. The minimum Gasteiger partial charge on any atom is -0.507 e. The van der Waals surface area contributed by atoms with Crippen molar-refractivity contribution in [2.24, 2.45) is 0 Å². The molecule has 0 aliphatic carbocycles. The van der Waals surface area contributed by atoms with E-state index in [0.29, 0.717) is 12.1 Å². The molecule has 2 aromatic carbocycles. The van der Waals surface area contributed by atoms with E-state index in [9.17, 15) is 36.6 Å². The molecule has 0 unspecified atom stereocenters. The fraction of sp³-hybridized carbons (Fsp3) is 0.478. The zero-order valence-corrected chi connectivity index (χ0v) is 19.4. The van der Waals surface area contributed by atoms with E-state index in [1.807, 2.05) is 0 Å². The number of alkyl halides is 6. The molecule has 0 saturated heterocycles. The molecule has 0 amide bonds. The van der Waals surface area contributed by atoms with Gasteiger partial charge < -0.3 is 19.2 Å². The Hall–Kier alpha value is -2.46. The van der Waals surface area contributed by atoms with E-state index in [-0.39, 0.29) is 44.7 Å². The number of phenols is 2. The van der Waals surface area contributed by atoms with Gasteiger partial charge in [-0.3, -0.25) is 0 Å². The minimum absolute atomic E-state index is 0.00774. The second-order valence-corrected chi connectivity index (χ2v) is 10.3. The van der Waals surface area contributed by atoms with Crippen LogP contribution in [0.15, 0.2) is 36.4 Å². The molecule has 0 heterocycles. The summed E-state index contributed by atoms with van der Waals surface area (Å²) in [5.74, 6) is -0.775. The van der Waals surface area contributed by atoms with Gasteiger partial charge in [0, 0.05) is 11.1 Å². The Morgan fingerprint density at radius 1 is 0.606 bits per heavy atom. The van der Waals surface area contributed by atoms with Gasteiger partial charge in [0.05, 0.1) is 42.3 Å². The molecular formula is C23H30F6N2O2+2. The molecule has 4 nitrogen and oxygen atoms in total. The first kappa shape index (κ1) is 26.8. The van der Waals surface area contributed by atoms with Gasteiger partial charge in [-0.2, -0.15) is 26.3 Å². The summed E-state index contributed by atoms with van der Waals surface area (Å²) in [6, 6.07) is 4.57. The van der Waals surface area contributed by atoms with Crippen LogP contribution in [0.3, 0.4) is 0 Å². The monoisotopic (exact) mass is 480 g/mol. The Morgan fingerprint density at radius 3 is 1.15 bits per heavy atom. The Kier molecular flexibility index (Phi) is 6.81. The van der Waals surface area contributed by atoms with E-state index in [1.54, 1.807) is 42.3 Å². The molecule has 0 fully saturated rings. The number of aromatic hydroxyl groups is 2. The fourth-order valence-corrected chi connectivity index (χ4v) is 3.89. The average Bonchev–Trinajstić information content (AvgIpc) is 2.56. The van der Waals surface area contributed by atoms with E-state index in [2.05, 4.69) is 0 Å². The minimum atomic E-state index is -5.76. The van der Waals surface area contributed by atoms with Crippen LogP contribution in [-0.4, -0.2) is 73.8 Å². The van der Waals surface area contributed by atoms with Crippen LogP contribution in [0.2, 0.25) is 0 Å². The first-order chi connectivity index (χ1) is 14.7. The van der Waals surface area contributed by atoms with Crippen LogP contribution in [0, 0.1) is 0 Å². The second-order valence-electron chi connectivity index (χ2n) is 10.3. The molecule has 0 spiro atoms. The average molecular weight is 480 g/mol. The zero-order valence-electron chi connectivity index (χ0n) is 19.4. The van der Waals surface area contributed by atoms with Crippen LogP contribution in [0.1, 0.15) is 22.3 Å². The molecule has 2 N–H and O–H groups in total. The maximum absolute atomic E-state index is 14.5. The summed E-state index contributed by atoms with van der Waals surface area (Å²) >= 11 is 0. The first-order valence-corrected chi connectivity index (χ1v) is 10.1. The molecular weight excluding hydrogens is 450 g/mol. The van der Waals surface area contributed by atoms with Crippen LogP contribution < -0.4 is 0 Å². The van der Waals surface area contributed by atoms with E-state index >= 15 is 0 Å². The highest BCUT2D eigenvalue weighted by Gasteiger charge is 2.72. The lowest BCUT2D eigenvalue weighted by Gasteiger charge is -2.39. The third-order valence-corrected chi connectivity index (χ3v) is 5.16. The van der Waals surface area contributed by atoms with Gasteiger partial charge >= 0.3 is 12.4 Å². The SMILES string of the molecule is C[N+](C)(C)Cc1cc(C(c2ccc(O)c(C[N+](C)(C)C)c2)(C(F)(F)F)C(F)(F)F)ccc1O. The van der Waals surface area contributed by atoms with Crippen molar-refractivity contribution in [3.63, 3.8) is 0 Å². The van der Waals surface area contributed by atoms with Crippen molar-refractivity contribution in [1.82, 2.24) is 0 Å². The molecule has 0 radical (unpaired) electrons. The summed E-state index contributed by atoms with van der Waals surface area (Å²) in [5, 5.41) is 20.3. The molecule has 0 aliphatic rings. The van der Waals surface area contributed by atoms with Gasteiger partial charge in [0.2, 0.25) is 5.41 Å². The van der Waals surface area contributed by atoms with Gasteiger partial charge in [-0.1, -0.05) is 12.1 Å². The predicted octanol–water partition coefficient (Wildman–Crippen LogP) is 4.92. The fourth-order valence-electron chi connectivity index (χ4n) is 3.89. The summed E-state index contributed by atoms with van der Waals surface area (Å²) in [7, 11) is 10.2. The Labute approximate surface area is 189 Å². The number of quaternary nitrogens is 2. The number of hydrogen-bond acceptors (Lipinski definition) is 2. The van der Waals surface area contributed by atoms with Crippen LogP contribution in [0.4, 0.5) is 26.3 Å². The Balaban J connectivity index is 2.92. The molecule has 0 bridgehead atoms. The van der Waals surface area contributed by atoms with Crippen LogP contribution in [0.5, 0.6) is 11.5 Å². The van der Waals surface area contributed by atoms with Crippen molar-refractivity contribution in [1.29, 1.82) is 0 Å². The lowest BCUT2D eigenvalue weighted by Crippen LogP contribution is -2.55. The summed E-state index contributed by atoms with van der Waals surface area (Å²) in [5.41, 5.74) is -6.54. The third kappa shape index (κ3) is 5.55. The molecule has 184 valence electrons. The van der Waals surface area contributed by atoms with Crippen molar-refractivity contribution in [3.8, 4) is 11.5 Å². The normalized spacial score (nSPS) is 13.9. The highest BCUT2D eigenvalue weighted by atomic mass is 19.4. The lowest BCUT2D eigenvalue weighted by molar-refractivity contribution is -0.884. The summed E-state index contributed by atoms with van der Waals surface area (Å²) in [4.78, 5) is 0. The number of nitrogens with zero attached hydrogens (tertiary/aromatic N) is 2. The summed E-state index contributed by atoms with van der Waals surface area (Å²) in [6.07, 6.45) is -11.5. The maximum atomic E-state index is 14.5. The highest BCUT2D eigenvalue weighted by Crippen LogP contribution is 2.57. The van der Waals surface area contributed by atoms with Gasteiger partial charge in [-0.25, -0.2) is 0 Å². The Morgan fingerprint density at radius 2 is 0.909 bits per heavy atom. The van der Waals surface area contributed by atoms with Crippen molar-refractivity contribution >= 4 is 0 Å². The third-order valence-electron chi connectivity index (χ3n) is 5.16. The van der Waals surface area contributed by atoms with Crippen LogP contribution >= 0.6 is 0 Å². The van der Waals surface area contributed by atoms with Gasteiger partial charge in [-0.05, 0) is 35.4 Å². The molecule has 2 aromatic rings. The number of halogens is 6. The van der Waals surface area contributed by atoms with Gasteiger partial charge in [0.15, 0.2) is 0 Å². The first-order valence-electron chi connectivity index (χ1n) is 10.1. The van der Waals surface area contributed by atoms with Crippen LogP contribution in [-0.2, 0) is 18.5 Å². The number of rotatable bonds is 6. The molecule has 33 heavy (non-hydrogen) atoms. The quantitative estimate of drug-likeness (QED) is 0.455. The van der Waals surface area contributed by atoms with Crippen molar-refractivity contribution in [2.75, 3.05) is 42.3 Å². The highest BCUT2D eigenvalue weighted by molar-refractivity contribution is 5.50. The Bertz CT molecular complexity index is 920. The number of benzene rings is 2. The van der Waals surface area contributed by atoms with Crippen molar-refractivity contribution in [3.05, 3.63) is 58.7 Å². The molecule has 2 rings (SSSR count). The maximum Gasteiger partial charge on any atom is 0.411 e. The van der Waals surface area contributed by atoms with Gasteiger partial charge in [-0.15, -0.1) is 0 Å². The molecule has 0 atom stereocenters. The standard InChI is InChI=1S/C23H28F6N2O2/c1-30(2,3)13-15-11-17(7-9-19(15)32)21(22(24,25)26,23(27,28)29)18-8-10-20(33)16(12-18)14-31(4,5)6/h7-12H,13-14H2,1-6H3/p+2. The van der Waals surface area contributed by atoms with Gasteiger partial charge in [0.1, 0.15) is 24.6 Å². The van der Waals surface area contributed by atoms with Crippen molar-refractivity contribution in [2.45, 2.75) is 30.9 Å². The lowest BCUT2D eigenvalue weighted by atomic mass is 9.72. The van der Waals surface area contributed by atoms with E-state index in [4.69, 9.17) is 0 Å². The molecule has 0 aliphatic heterocycles. The number of hydrogen-bond donors (Lipinski definition) is 2. The zero-order chi connectivity index (χ0) is 25.6. The van der Waals surface area contributed by atoms with E-state index < -0.39 is 28.9 Å². The van der Waals surface area contributed by atoms with Crippen molar-refractivity contribution < 1.29 is 45.5 Å². The van der Waals surface area contributed by atoms with E-state index in [0.717, 1.165) is 24.3 Å².